The van der Waals surface area contributed by atoms with Crippen molar-refractivity contribution in [2.45, 2.75) is 58.5 Å². The molecule has 5 nitrogen and oxygen atoms in total. The lowest BCUT2D eigenvalue weighted by Gasteiger charge is -2.20. The van der Waals surface area contributed by atoms with Gasteiger partial charge in [0.15, 0.2) is 0 Å². The Morgan fingerprint density at radius 3 is 2.32 bits per heavy atom. The average molecular weight is 271 g/mol. The monoisotopic (exact) mass is 271 g/mol. The maximum atomic E-state index is 11.4. The quantitative estimate of drug-likeness (QED) is 0.806. The van der Waals surface area contributed by atoms with E-state index < -0.39 is 0 Å². The molecular weight excluding hydrogens is 242 g/mol. The molecule has 2 N–H and O–H groups in total. The van der Waals surface area contributed by atoms with E-state index >= 15 is 0 Å². The van der Waals surface area contributed by atoms with E-state index in [2.05, 4.69) is 24.5 Å². The van der Waals surface area contributed by atoms with E-state index in [1.165, 1.54) is 12.8 Å². The van der Waals surface area contributed by atoms with Crippen molar-refractivity contribution in [2.24, 2.45) is 0 Å². The normalized spacial score (nSPS) is 19.4. The second kappa shape index (κ2) is 9.78. The first-order valence-corrected chi connectivity index (χ1v) is 7.16. The van der Waals surface area contributed by atoms with Crippen LogP contribution in [0.25, 0.3) is 0 Å². The number of carbonyl (C=O) groups excluding carboxylic acids is 2. The summed E-state index contributed by atoms with van der Waals surface area (Å²) >= 11 is 0. The standard InChI is InChI=1S/C9H17NO.C5H12N2O/c1-3-5-9(11)10-7-4-6-8(10)2;1-4(6-2)5(8)7-3/h8H,3-7H2,1-2H3;4,6H,1-3H3,(H,7,8)/t8-;/m0./s1. The van der Waals surface area contributed by atoms with Gasteiger partial charge in [-0.05, 0) is 40.2 Å². The number of likely N-dealkylation sites (tertiary alicyclic amines) is 1. The van der Waals surface area contributed by atoms with Gasteiger partial charge in [-0.1, -0.05) is 6.92 Å². The fourth-order valence-electron chi connectivity index (χ4n) is 2.01. The summed E-state index contributed by atoms with van der Waals surface area (Å²) < 4.78 is 0. The molecule has 0 radical (unpaired) electrons. The van der Waals surface area contributed by atoms with Crippen molar-refractivity contribution in [1.29, 1.82) is 0 Å². The minimum Gasteiger partial charge on any atom is -0.358 e. The Hall–Kier alpha value is -1.10. The Kier molecular flexibility index (Phi) is 9.21. The van der Waals surface area contributed by atoms with Crippen LogP contribution in [0.2, 0.25) is 0 Å². The van der Waals surface area contributed by atoms with Crippen molar-refractivity contribution in [3.8, 4) is 0 Å². The van der Waals surface area contributed by atoms with E-state index in [4.69, 9.17) is 0 Å². The Balaban J connectivity index is 0.000000362. The summed E-state index contributed by atoms with van der Waals surface area (Å²) in [6.45, 7) is 6.98. The highest BCUT2D eigenvalue weighted by molar-refractivity contribution is 5.80. The Bertz CT molecular complexity index is 282. The first kappa shape index (κ1) is 17.9. The van der Waals surface area contributed by atoms with Crippen LogP contribution in [0.1, 0.15) is 46.5 Å². The molecule has 0 bridgehead atoms. The molecule has 1 rings (SSSR count). The highest BCUT2D eigenvalue weighted by atomic mass is 16.2. The predicted molar refractivity (Wildman–Crippen MR) is 77.9 cm³/mol. The molecule has 19 heavy (non-hydrogen) atoms. The highest BCUT2D eigenvalue weighted by Crippen LogP contribution is 2.17. The van der Waals surface area contributed by atoms with Gasteiger partial charge < -0.3 is 15.5 Å². The van der Waals surface area contributed by atoms with Gasteiger partial charge in [0.25, 0.3) is 0 Å². The minimum atomic E-state index is -0.0833. The van der Waals surface area contributed by atoms with Crippen molar-refractivity contribution in [3.63, 3.8) is 0 Å². The zero-order chi connectivity index (χ0) is 14.8. The molecule has 1 fully saturated rings. The lowest BCUT2D eigenvalue weighted by molar-refractivity contribution is -0.131. The van der Waals surface area contributed by atoms with Crippen LogP contribution in [0.15, 0.2) is 0 Å². The van der Waals surface area contributed by atoms with Crippen LogP contribution in [-0.4, -0.2) is 49.4 Å². The molecule has 112 valence electrons. The molecule has 1 unspecified atom stereocenters. The van der Waals surface area contributed by atoms with E-state index in [1.54, 1.807) is 21.0 Å². The average Bonchev–Trinajstić information content (AvgIpc) is 2.84. The molecular formula is C14H29N3O2. The van der Waals surface area contributed by atoms with Crippen LogP contribution in [0, 0.1) is 0 Å². The zero-order valence-corrected chi connectivity index (χ0v) is 13.0. The van der Waals surface area contributed by atoms with Gasteiger partial charge in [-0.15, -0.1) is 0 Å². The lowest BCUT2D eigenvalue weighted by Crippen LogP contribution is -2.38. The van der Waals surface area contributed by atoms with E-state index in [0.717, 1.165) is 19.4 Å². The van der Waals surface area contributed by atoms with Crippen LogP contribution in [0.5, 0.6) is 0 Å². The SMILES string of the molecule is CCCC(=O)N1CCC[C@@H]1C.CNC(=O)C(C)NC. The smallest absolute Gasteiger partial charge is 0.236 e. The summed E-state index contributed by atoms with van der Waals surface area (Å²) in [6.07, 6.45) is 4.08. The second-order valence-corrected chi connectivity index (χ2v) is 4.95. The molecule has 0 spiro atoms. The number of amides is 2. The van der Waals surface area contributed by atoms with Crippen molar-refractivity contribution in [3.05, 3.63) is 0 Å². The fraction of sp³-hybridized carbons (Fsp3) is 0.857. The molecule has 1 aliphatic rings. The number of rotatable bonds is 4. The third-order valence-electron chi connectivity index (χ3n) is 3.41. The predicted octanol–water partition coefficient (Wildman–Crippen LogP) is 1.14. The van der Waals surface area contributed by atoms with Crippen molar-refractivity contribution in [2.75, 3.05) is 20.6 Å². The third-order valence-corrected chi connectivity index (χ3v) is 3.41. The molecule has 5 heteroatoms. The highest BCUT2D eigenvalue weighted by Gasteiger charge is 2.23. The molecule has 2 amide bonds. The molecule has 0 saturated carbocycles. The summed E-state index contributed by atoms with van der Waals surface area (Å²) in [5.41, 5.74) is 0. The number of nitrogens with one attached hydrogen (secondary N) is 2. The van der Waals surface area contributed by atoms with Gasteiger partial charge in [-0.2, -0.15) is 0 Å². The van der Waals surface area contributed by atoms with Crippen LogP contribution < -0.4 is 10.6 Å². The zero-order valence-electron chi connectivity index (χ0n) is 13.0. The fourth-order valence-corrected chi connectivity index (χ4v) is 2.01. The van der Waals surface area contributed by atoms with Gasteiger partial charge >= 0.3 is 0 Å². The van der Waals surface area contributed by atoms with Gasteiger partial charge in [0.2, 0.25) is 11.8 Å². The first-order valence-electron chi connectivity index (χ1n) is 7.16. The van der Waals surface area contributed by atoms with Crippen molar-refractivity contribution < 1.29 is 9.59 Å². The van der Waals surface area contributed by atoms with Crippen LogP contribution in [0.3, 0.4) is 0 Å². The van der Waals surface area contributed by atoms with E-state index in [1.807, 2.05) is 4.90 Å². The number of hydrogen-bond donors (Lipinski definition) is 2. The molecule has 0 aromatic rings. The number of carbonyl (C=O) groups is 2. The Labute approximate surface area is 117 Å². The molecule has 2 atom stereocenters. The summed E-state index contributed by atoms with van der Waals surface area (Å²) in [7, 11) is 3.37. The lowest BCUT2D eigenvalue weighted by atomic mass is 10.2. The molecule has 0 aliphatic carbocycles. The Morgan fingerprint density at radius 1 is 1.37 bits per heavy atom. The largest absolute Gasteiger partial charge is 0.358 e. The molecule has 0 aromatic carbocycles. The van der Waals surface area contributed by atoms with Crippen LogP contribution in [-0.2, 0) is 9.59 Å². The molecule has 1 saturated heterocycles. The summed E-state index contributed by atoms with van der Waals surface area (Å²) in [5, 5.41) is 5.32. The first-order chi connectivity index (χ1) is 8.97. The van der Waals surface area contributed by atoms with Crippen LogP contribution in [0.4, 0.5) is 0 Å². The van der Waals surface area contributed by atoms with Gasteiger partial charge in [0.05, 0.1) is 6.04 Å². The summed E-state index contributed by atoms with van der Waals surface area (Å²) in [6, 6.07) is 0.411. The van der Waals surface area contributed by atoms with Crippen LogP contribution >= 0.6 is 0 Å². The van der Waals surface area contributed by atoms with E-state index in [0.29, 0.717) is 11.9 Å². The number of nitrogens with zero attached hydrogens (tertiary/aromatic N) is 1. The molecule has 0 aromatic heterocycles. The Morgan fingerprint density at radius 2 is 2.00 bits per heavy atom. The maximum Gasteiger partial charge on any atom is 0.236 e. The summed E-state index contributed by atoms with van der Waals surface area (Å²) in [5.74, 6) is 0.366. The second-order valence-electron chi connectivity index (χ2n) is 4.95. The van der Waals surface area contributed by atoms with Gasteiger partial charge in [0, 0.05) is 26.1 Å². The number of hydrogen-bond acceptors (Lipinski definition) is 3. The van der Waals surface area contributed by atoms with Gasteiger partial charge in [-0.3, -0.25) is 9.59 Å². The van der Waals surface area contributed by atoms with E-state index in [-0.39, 0.29) is 11.9 Å². The van der Waals surface area contributed by atoms with E-state index in [9.17, 15) is 9.59 Å². The topological polar surface area (TPSA) is 61.4 Å². The van der Waals surface area contributed by atoms with Crippen molar-refractivity contribution in [1.82, 2.24) is 15.5 Å². The minimum absolute atomic E-state index is 0.0208. The molecule has 1 aliphatic heterocycles. The summed E-state index contributed by atoms with van der Waals surface area (Å²) in [4.78, 5) is 24.0. The maximum absolute atomic E-state index is 11.4. The van der Waals surface area contributed by atoms with Gasteiger partial charge in [-0.25, -0.2) is 0 Å². The van der Waals surface area contributed by atoms with Crippen molar-refractivity contribution >= 4 is 11.8 Å². The molecule has 1 heterocycles. The third kappa shape index (κ3) is 6.57. The van der Waals surface area contributed by atoms with Gasteiger partial charge in [0.1, 0.15) is 0 Å². The number of likely N-dealkylation sites (N-methyl/N-ethyl adjacent to an activating group) is 2.